The molecular weight excluding hydrogens is 259 g/mol. The van der Waals surface area contributed by atoms with Crippen molar-refractivity contribution in [3.05, 3.63) is 18.0 Å². The lowest BCUT2D eigenvalue weighted by Gasteiger charge is -2.06. The Bertz CT molecular complexity index is 606. The first-order valence-electron chi connectivity index (χ1n) is 5.98. The SMILES string of the molecule is C[C@@H]1C[C@H]1CNc1ccc2nnc(C(F)(F)F)n2n1. The Morgan fingerprint density at radius 2 is 2.11 bits per heavy atom. The summed E-state index contributed by atoms with van der Waals surface area (Å²) in [4.78, 5) is 0. The van der Waals surface area contributed by atoms with Crippen molar-refractivity contribution in [3.63, 3.8) is 0 Å². The van der Waals surface area contributed by atoms with Crippen LogP contribution < -0.4 is 5.32 Å². The molecule has 1 fully saturated rings. The van der Waals surface area contributed by atoms with Gasteiger partial charge in [-0.2, -0.15) is 17.7 Å². The Kier molecular flexibility index (Phi) is 2.61. The molecule has 2 heterocycles. The highest BCUT2D eigenvalue weighted by molar-refractivity contribution is 5.44. The van der Waals surface area contributed by atoms with Gasteiger partial charge < -0.3 is 5.32 Å². The third-order valence-corrected chi connectivity index (χ3v) is 3.34. The summed E-state index contributed by atoms with van der Waals surface area (Å²) < 4.78 is 38.7. The van der Waals surface area contributed by atoms with Crippen molar-refractivity contribution in [2.24, 2.45) is 11.8 Å². The van der Waals surface area contributed by atoms with Crippen molar-refractivity contribution >= 4 is 11.5 Å². The fourth-order valence-electron chi connectivity index (χ4n) is 1.98. The Labute approximate surface area is 106 Å². The molecule has 5 nitrogen and oxygen atoms in total. The van der Waals surface area contributed by atoms with Crippen molar-refractivity contribution in [1.29, 1.82) is 0 Å². The smallest absolute Gasteiger partial charge is 0.368 e. The number of fused-ring (bicyclic) bond motifs is 1. The third-order valence-electron chi connectivity index (χ3n) is 3.34. The van der Waals surface area contributed by atoms with Gasteiger partial charge >= 0.3 is 6.18 Å². The number of nitrogens with zero attached hydrogens (tertiary/aromatic N) is 4. The lowest BCUT2D eigenvalue weighted by atomic mass is 10.3. The lowest BCUT2D eigenvalue weighted by molar-refractivity contribution is -0.146. The van der Waals surface area contributed by atoms with Crippen LogP contribution in [0.1, 0.15) is 19.2 Å². The quantitative estimate of drug-likeness (QED) is 0.930. The topological polar surface area (TPSA) is 55.1 Å². The molecule has 0 radical (unpaired) electrons. The summed E-state index contributed by atoms with van der Waals surface area (Å²) in [5.74, 6) is 0.556. The average Bonchev–Trinajstić information content (AvgIpc) is 2.88. The molecular formula is C11H12F3N5. The molecule has 0 spiro atoms. The van der Waals surface area contributed by atoms with Crippen LogP contribution in [0.25, 0.3) is 5.65 Å². The van der Waals surface area contributed by atoms with Gasteiger partial charge in [-0.15, -0.1) is 15.3 Å². The summed E-state index contributed by atoms with van der Waals surface area (Å²) in [6, 6.07) is 3.07. The molecule has 19 heavy (non-hydrogen) atoms. The van der Waals surface area contributed by atoms with Crippen molar-refractivity contribution < 1.29 is 13.2 Å². The first kappa shape index (κ1) is 12.2. The molecule has 2 aromatic heterocycles. The van der Waals surface area contributed by atoms with Crippen LogP contribution in [0.4, 0.5) is 19.0 Å². The number of hydrogen-bond donors (Lipinski definition) is 1. The summed E-state index contributed by atoms with van der Waals surface area (Å²) >= 11 is 0. The van der Waals surface area contributed by atoms with Crippen LogP contribution in [0.5, 0.6) is 0 Å². The van der Waals surface area contributed by atoms with E-state index in [1.807, 2.05) is 0 Å². The predicted molar refractivity (Wildman–Crippen MR) is 61.5 cm³/mol. The van der Waals surface area contributed by atoms with Gasteiger partial charge in [0.15, 0.2) is 5.65 Å². The molecule has 0 bridgehead atoms. The van der Waals surface area contributed by atoms with Gasteiger partial charge in [0.25, 0.3) is 5.82 Å². The Morgan fingerprint density at radius 3 is 2.74 bits per heavy atom. The maximum Gasteiger partial charge on any atom is 0.453 e. The molecule has 1 saturated carbocycles. The van der Waals surface area contributed by atoms with E-state index in [-0.39, 0.29) is 5.65 Å². The van der Waals surface area contributed by atoms with Crippen molar-refractivity contribution in [2.45, 2.75) is 19.5 Å². The van der Waals surface area contributed by atoms with Crippen LogP contribution in [0.3, 0.4) is 0 Å². The van der Waals surface area contributed by atoms with E-state index in [1.54, 1.807) is 6.07 Å². The van der Waals surface area contributed by atoms with Crippen molar-refractivity contribution in [2.75, 3.05) is 11.9 Å². The molecule has 3 rings (SSSR count). The third kappa shape index (κ3) is 2.34. The minimum absolute atomic E-state index is 0.0812. The van der Waals surface area contributed by atoms with Gasteiger partial charge in [-0.3, -0.25) is 0 Å². The first-order valence-corrected chi connectivity index (χ1v) is 5.98. The number of halogens is 3. The second-order valence-corrected chi connectivity index (χ2v) is 4.86. The van der Waals surface area contributed by atoms with Gasteiger partial charge in [-0.1, -0.05) is 6.92 Å². The number of rotatable bonds is 3. The highest BCUT2D eigenvalue weighted by Gasteiger charge is 2.37. The maximum atomic E-state index is 12.7. The number of hydrogen-bond acceptors (Lipinski definition) is 4. The van der Waals surface area contributed by atoms with E-state index < -0.39 is 12.0 Å². The first-order chi connectivity index (χ1) is 8.95. The molecule has 2 aromatic rings. The highest BCUT2D eigenvalue weighted by Crippen LogP contribution is 2.37. The summed E-state index contributed by atoms with van der Waals surface area (Å²) in [5, 5.41) is 13.5. The molecule has 0 saturated heterocycles. The molecule has 0 amide bonds. The minimum Gasteiger partial charge on any atom is -0.368 e. The van der Waals surface area contributed by atoms with Gasteiger partial charge in [0, 0.05) is 6.54 Å². The van der Waals surface area contributed by atoms with Crippen LogP contribution in [-0.2, 0) is 6.18 Å². The molecule has 1 aliphatic rings. The second kappa shape index (κ2) is 4.07. The van der Waals surface area contributed by atoms with Gasteiger partial charge in [0.05, 0.1) is 0 Å². The van der Waals surface area contributed by atoms with Crippen LogP contribution in [0.2, 0.25) is 0 Å². The molecule has 1 aliphatic carbocycles. The van der Waals surface area contributed by atoms with Gasteiger partial charge in [0.1, 0.15) is 5.82 Å². The molecule has 0 aliphatic heterocycles. The van der Waals surface area contributed by atoms with E-state index in [9.17, 15) is 13.2 Å². The van der Waals surface area contributed by atoms with E-state index in [4.69, 9.17) is 0 Å². The van der Waals surface area contributed by atoms with Crippen LogP contribution in [0.15, 0.2) is 12.1 Å². The standard InChI is InChI=1S/C11H12F3N5/c1-6-4-7(6)5-15-8-2-3-9-16-17-10(11(12,13)14)19(9)18-8/h2-3,6-7H,4-5H2,1H3,(H,15,18)/t6-,7+/m1/s1. The Balaban J connectivity index is 1.86. The Hall–Kier alpha value is -1.86. The zero-order chi connectivity index (χ0) is 13.6. The molecule has 8 heteroatoms. The Morgan fingerprint density at radius 1 is 1.37 bits per heavy atom. The van der Waals surface area contributed by atoms with Crippen LogP contribution >= 0.6 is 0 Å². The van der Waals surface area contributed by atoms with Crippen molar-refractivity contribution in [1.82, 2.24) is 19.8 Å². The van der Waals surface area contributed by atoms with E-state index in [0.29, 0.717) is 17.7 Å². The maximum absolute atomic E-state index is 12.7. The fraction of sp³-hybridized carbons (Fsp3) is 0.545. The number of aromatic nitrogens is 4. The van der Waals surface area contributed by atoms with Gasteiger partial charge in [-0.25, -0.2) is 0 Å². The zero-order valence-electron chi connectivity index (χ0n) is 10.1. The van der Waals surface area contributed by atoms with Gasteiger partial charge in [0.2, 0.25) is 0 Å². The summed E-state index contributed by atoms with van der Waals surface area (Å²) in [6.45, 7) is 2.87. The van der Waals surface area contributed by atoms with E-state index >= 15 is 0 Å². The van der Waals surface area contributed by atoms with E-state index in [0.717, 1.165) is 17.5 Å². The van der Waals surface area contributed by atoms with Crippen molar-refractivity contribution in [3.8, 4) is 0 Å². The monoisotopic (exact) mass is 271 g/mol. The highest BCUT2D eigenvalue weighted by atomic mass is 19.4. The predicted octanol–water partition coefficient (Wildman–Crippen LogP) is 2.21. The lowest BCUT2D eigenvalue weighted by Crippen LogP contribution is -2.14. The number of alkyl halides is 3. The summed E-state index contributed by atoms with van der Waals surface area (Å²) in [6.07, 6.45) is -3.41. The molecule has 2 atom stereocenters. The van der Waals surface area contributed by atoms with Crippen LogP contribution in [0, 0.1) is 11.8 Å². The molecule has 0 unspecified atom stereocenters. The fourth-order valence-corrected chi connectivity index (χ4v) is 1.98. The number of anilines is 1. The number of nitrogens with one attached hydrogen (secondary N) is 1. The average molecular weight is 271 g/mol. The van der Waals surface area contributed by atoms with E-state index in [2.05, 4.69) is 27.5 Å². The zero-order valence-corrected chi connectivity index (χ0v) is 10.1. The van der Waals surface area contributed by atoms with Gasteiger partial charge in [-0.05, 0) is 30.4 Å². The molecule has 102 valence electrons. The molecule has 0 aromatic carbocycles. The summed E-state index contributed by atoms with van der Waals surface area (Å²) in [7, 11) is 0. The second-order valence-electron chi connectivity index (χ2n) is 4.86. The largest absolute Gasteiger partial charge is 0.453 e. The van der Waals surface area contributed by atoms with E-state index in [1.165, 1.54) is 6.07 Å². The molecule has 1 N–H and O–H groups in total. The normalized spacial score (nSPS) is 22.7. The summed E-state index contributed by atoms with van der Waals surface area (Å²) in [5.41, 5.74) is 0.0812. The minimum atomic E-state index is -4.56. The van der Waals surface area contributed by atoms with Crippen LogP contribution in [-0.4, -0.2) is 26.4 Å².